The van der Waals surface area contributed by atoms with Crippen molar-refractivity contribution >= 4 is 5.82 Å². The minimum Gasteiger partial charge on any atom is -0.395 e. The normalized spacial score (nSPS) is 15.6. The van der Waals surface area contributed by atoms with Gasteiger partial charge in [0.1, 0.15) is 11.6 Å². The lowest BCUT2D eigenvalue weighted by Gasteiger charge is -2.22. The highest BCUT2D eigenvalue weighted by Gasteiger charge is 2.29. The number of aromatic nitrogens is 2. The predicted octanol–water partition coefficient (Wildman–Crippen LogP) is 0.746. The number of hydrogen-bond donors (Lipinski definition) is 1. The van der Waals surface area contributed by atoms with Gasteiger partial charge in [0.25, 0.3) is 0 Å². The number of aliphatic hydroxyl groups is 1. The fourth-order valence-corrected chi connectivity index (χ4v) is 1.58. The minimum atomic E-state index is 0.180. The lowest BCUT2D eigenvalue weighted by molar-refractivity contribution is 0.301. The summed E-state index contributed by atoms with van der Waals surface area (Å²) in [5, 5.41) is 8.96. The van der Waals surface area contributed by atoms with Gasteiger partial charge in [0, 0.05) is 18.8 Å². The maximum absolute atomic E-state index is 8.96. The highest BCUT2D eigenvalue weighted by Crippen LogP contribution is 2.29. The second kappa shape index (κ2) is 3.92. The predicted molar refractivity (Wildman–Crippen MR) is 54.2 cm³/mol. The van der Waals surface area contributed by atoms with Crippen LogP contribution in [-0.2, 0) is 0 Å². The standard InChI is InChI=1S/C10H15N3O/c1-8-11-5-4-10(12-8)13(6-7-14)9-2-3-9/h4-5,9,14H,2-3,6-7H2,1H3. The molecule has 0 aromatic carbocycles. The van der Waals surface area contributed by atoms with Gasteiger partial charge < -0.3 is 10.0 Å². The van der Waals surface area contributed by atoms with E-state index in [4.69, 9.17) is 5.11 Å². The summed E-state index contributed by atoms with van der Waals surface area (Å²) in [5.74, 6) is 1.72. The SMILES string of the molecule is Cc1nccc(N(CCO)C2CC2)n1. The number of nitrogens with zero attached hydrogens (tertiary/aromatic N) is 3. The van der Waals surface area contributed by atoms with Crippen LogP contribution in [0, 0.1) is 6.92 Å². The number of hydrogen-bond acceptors (Lipinski definition) is 4. The van der Waals surface area contributed by atoms with Crippen molar-refractivity contribution in [3.8, 4) is 0 Å². The molecule has 1 aromatic rings. The maximum Gasteiger partial charge on any atom is 0.132 e. The van der Waals surface area contributed by atoms with Gasteiger partial charge >= 0.3 is 0 Å². The van der Waals surface area contributed by atoms with Crippen molar-refractivity contribution in [2.45, 2.75) is 25.8 Å². The summed E-state index contributed by atoms with van der Waals surface area (Å²) in [6.45, 7) is 2.73. The van der Waals surface area contributed by atoms with Crippen molar-refractivity contribution in [3.05, 3.63) is 18.1 Å². The molecule has 0 amide bonds. The Kier molecular flexibility index (Phi) is 2.63. The van der Waals surface area contributed by atoms with Crippen LogP contribution < -0.4 is 4.90 Å². The molecule has 76 valence electrons. The van der Waals surface area contributed by atoms with Crippen molar-refractivity contribution < 1.29 is 5.11 Å². The number of aryl methyl sites for hydroxylation is 1. The van der Waals surface area contributed by atoms with Crippen LogP contribution in [0.5, 0.6) is 0 Å². The highest BCUT2D eigenvalue weighted by atomic mass is 16.3. The molecule has 2 rings (SSSR count). The fraction of sp³-hybridized carbons (Fsp3) is 0.600. The van der Waals surface area contributed by atoms with Crippen molar-refractivity contribution in [1.29, 1.82) is 0 Å². The molecule has 1 aromatic heterocycles. The van der Waals surface area contributed by atoms with Gasteiger partial charge in [-0.1, -0.05) is 0 Å². The van der Waals surface area contributed by atoms with Crippen LogP contribution in [0.15, 0.2) is 12.3 Å². The van der Waals surface area contributed by atoms with Gasteiger partial charge in [0.05, 0.1) is 6.61 Å². The molecular formula is C10H15N3O. The molecule has 1 N–H and O–H groups in total. The summed E-state index contributed by atoms with van der Waals surface area (Å²) in [4.78, 5) is 10.6. The highest BCUT2D eigenvalue weighted by molar-refractivity contribution is 5.40. The van der Waals surface area contributed by atoms with Crippen LogP contribution in [-0.4, -0.2) is 34.3 Å². The van der Waals surface area contributed by atoms with E-state index in [1.54, 1.807) is 6.20 Å². The van der Waals surface area contributed by atoms with Crippen molar-refractivity contribution in [2.24, 2.45) is 0 Å². The summed E-state index contributed by atoms with van der Waals surface area (Å²) in [6, 6.07) is 2.48. The molecule has 4 heteroatoms. The quantitative estimate of drug-likeness (QED) is 0.766. The monoisotopic (exact) mass is 193 g/mol. The third-order valence-corrected chi connectivity index (χ3v) is 2.38. The van der Waals surface area contributed by atoms with E-state index in [1.807, 2.05) is 13.0 Å². The van der Waals surface area contributed by atoms with Gasteiger partial charge in [-0.2, -0.15) is 0 Å². The zero-order chi connectivity index (χ0) is 9.97. The molecule has 0 atom stereocenters. The Balaban J connectivity index is 2.16. The molecule has 0 radical (unpaired) electrons. The van der Waals surface area contributed by atoms with Crippen molar-refractivity contribution in [3.63, 3.8) is 0 Å². The topological polar surface area (TPSA) is 49.2 Å². The average molecular weight is 193 g/mol. The van der Waals surface area contributed by atoms with E-state index in [9.17, 15) is 0 Å². The van der Waals surface area contributed by atoms with E-state index in [-0.39, 0.29) is 6.61 Å². The molecule has 0 aliphatic heterocycles. The average Bonchev–Trinajstić information content (AvgIpc) is 2.97. The lowest BCUT2D eigenvalue weighted by Crippen LogP contribution is -2.29. The van der Waals surface area contributed by atoms with Crippen LogP contribution in [0.4, 0.5) is 5.82 Å². The molecule has 0 bridgehead atoms. The Labute approximate surface area is 83.6 Å². The van der Waals surface area contributed by atoms with E-state index in [0.717, 1.165) is 11.6 Å². The van der Waals surface area contributed by atoms with Gasteiger partial charge in [0.2, 0.25) is 0 Å². The Morgan fingerprint density at radius 1 is 1.57 bits per heavy atom. The zero-order valence-corrected chi connectivity index (χ0v) is 8.35. The first-order valence-corrected chi connectivity index (χ1v) is 4.98. The number of rotatable bonds is 4. The molecular weight excluding hydrogens is 178 g/mol. The summed E-state index contributed by atoms with van der Waals surface area (Å²) in [7, 11) is 0. The molecule has 1 saturated carbocycles. The zero-order valence-electron chi connectivity index (χ0n) is 8.35. The third-order valence-electron chi connectivity index (χ3n) is 2.38. The van der Waals surface area contributed by atoms with Gasteiger partial charge in [-0.3, -0.25) is 0 Å². The molecule has 1 fully saturated rings. The third kappa shape index (κ3) is 2.01. The van der Waals surface area contributed by atoms with Crippen molar-refractivity contribution in [2.75, 3.05) is 18.1 Å². The van der Waals surface area contributed by atoms with Gasteiger partial charge in [-0.05, 0) is 25.8 Å². The molecule has 4 nitrogen and oxygen atoms in total. The summed E-state index contributed by atoms with van der Waals surface area (Å²) >= 11 is 0. The van der Waals surface area contributed by atoms with Crippen LogP contribution in [0.1, 0.15) is 18.7 Å². The number of aliphatic hydroxyl groups excluding tert-OH is 1. The molecule has 0 spiro atoms. The Morgan fingerprint density at radius 3 is 2.93 bits per heavy atom. The van der Waals surface area contributed by atoms with Crippen LogP contribution in [0.3, 0.4) is 0 Å². The van der Waals surface area contributed by atoms with E-state index in [1.165, 1.54) is 12.8 Å². The minimum absolute atomic E-state index is 0.180. The first-order chi connectivity index (χ1) is 6.81. The Hall–Kier alpha value is -1.16. The summed E-state index contributed by atoms with van der Waals surface area (Å²) in [5.41, 5.74) is 0. The maximum atomic E-state index is 8.96. The molecule has 0 unspecified atom stereocenters. The Bertz CT molecular complexity index is 312. The summed E-state index contributed by atoms with van der Waals surface area (Å²) in [6.07, 6.45) is 4.19. The first kappa shape index (κ1) is 9.40. The molecule has 0 saturated heterocycles. The van der Waals surface area contributed by atoms with E-state index in [2.05, 4.69) is 14.9 Å². The molecule has 14 heavy (non-hydrogen) atoms. The second-order valence-electron chi connectivity index (χ2n) is 3.61. The van der Waals surface area contributed by atoms with Gasteiger partial charge in [-0.15, -0.1) is 0 Å². The molecule has 1 aliphatic carbocycles. The van der Waals surface area contributed by atoms with Crippen LogP contribution in [0.25, 0.3) is 0 Å². The van der Waals surface area contributed by atoms with E-state index >= 15 is 0 Å². The van der Waals surface area contributed by atoms with Gasteiger partial charge in [0.15, 0.2) is 0 Å². The largest absolute Gasteiger partial charge is 0.395 e. The molecule has 1 heterocycles. The van der Waals surface area contributed by atoms with Crippen LogP contribution in [0.2, 0.25) is 0 Å². The van der Waals surface area contributed by atoms with Crippen LogP contribution >= 0.6 is 0 Å². The fourth-order valence-electron chi connectivity index (χ4n) is 1.58. The first-order valence-electron chi connectivity index (χ1n) is 4.98. The Morgan fingerprint density at radius 2 is 2.36 bits per heavy atom. The van der Waals surface area contributed by atoms with Gasteiger partial charge in [-0.25, -0.2) is 9.97 Å². The van der Waals surface area contributed by atoms with E-state index in [0.29, 0.717) is 12.6 Å². The molecule has 1 aliphatic rings. The van der Waals surface area contributed by atoms with Crippen molar-refractivity contribution in [1.82, 2.24) is 9.97 Å². The second-order valence-corrected chi connectivity index (χ2v) is 3.61. The lowest BCUT2D eigenvalue weighted by atomic mass is 10.4. The number of anilines is 1. The smallest absolute Gasteiger partial charge is 0.132 e. The summed E-state index contributed by atoms with van der Waals surface area (Å²) < 4.78 is 0. The van der Waals surface area contributed by atoms with E-state index < -0.39 is 0 Å².